The first-order chi connectivity index (χ1) is 15.6. The molecule has 2 saturated heterocycles. The van der Waals surface area contributed by atoms with Gasteiger partial charge in [0.2, 0.25) is 0 Å². The van der Waals surface area contributed by atoms with E-state index in [4.69, 9.17) is 5.26 Å². The SMILES string of the molecule is CN1CCCN(c2ccc(C#N)c(CN3CCN(Cc4ccc(C#N)cc4)CC3)c2)CC1. The van der Waals surface area contributed by atoms with Crippen LogP contribution in [0.4, 0.5) is 5.69 Å². The second-order valence-corrected chi connectivity index (χ2v) is 8.96. The zero-order valence-electron chi connectivity index (χ0n) is 19.0. The smallest absolute Gasteiger partial charge is 0.0995 e. The molecule has 0 aromatic heterocycles. The number of hydrogen-bond acceptors (Lipinski definition) is 6. The minimum absolute atomic E-state index is 0.710. The summed E-state index contributed by atoms with van der Waals surface area (Å²) < 4.78 is 0. The molecule has 2 aliphatic rings. The Labute approximate surface area is 191 Å². The van der Waals surface area contributed by atoms with Gasteiger partial charge in [-0.15, -0.1) is 0 Å². The van der Waals surface area contributed by atoms with Gasteiger partial charge in [-0.1, -0.05) is 12.1 Å². The molecule has 2 aliphatic heterocycles. The van der Waals surface area contributed by atoms with Crippen molar-refractivity contribution >= 4 is 5.69 Å². The lowest BCUT2D eigenvalue weighted by Crippen LogP contribution is -2.45. The van der Waals surface area contributed by atoms with Crippen LogP contribution in [0.3, 0.4) is 0 Å². The van der Waals surface area contributed by atoms with Crippen LogP contribution in [-0.4, -0.2) is 74.1 Å². The van der Waals surface area contributed by atoms with E-state index in [2.05, 4.69) is 63.1 Å². The van der Waals surface area contributed by atoms with Crippen molar-refractivity contribution in [2.75, 3.05) is 64.3 Å². The predicted octanol–water partition coefficient (Wildman–Crippen LogP) is 2.89. The molecule has 0 unspecified atom stereocenters. The van der Waals surface area contributed by atoms with Gasteiger partial charge in [0.25, 0.3) is 0 Å². The number of benzene rings is 2. The zero-order chi connectivity index (χ0) is 22.3. The highest BCUT2D eigenvalue weighted by Gasteiger charge is 2.19. The van der Waals surface area contributed by atoms with E-state index in [1.807, 2.05) is 18.2 Å². The molecule has 0 aliphatic carbocycles. The Hall–Kier alpha value is -2.90. The van der Waals surface area contributed by atoms with Gasteiger partial charge in [-0.25, -0.2) is 0 Å². The number of likely N-dealkylation sites (N-methyl/N-ethyl adjacent to an activating group) is 1. The van der Waals surface area contributed by atoms with Crippen molar-refractivity contribution in [2.24, 2.45) is 0 Å². The average Bonchev–Trinajstić information content (AvgIpc) is 3.05. The molecular formula is C26H32N6. The highest BCUT2D eigenvalue weighted by Crippen LogP contribution is 2.23. The van der Waals surface area contributed by atoms with Crippen LogP contribution in [0.2, 0.25) is 0 Å². The second-order valence-electron chi connectivity index (χ2n) is 8.96. The topological polar surface area (TPSA) is 60.5 Å². The summed E-state index contributed by atoms with van der Waals surface area (Å²) in [5.41, 5.74) is 5.14. The lowest BCUT2D eigenvalue weighted by Gasteiger charge is -2.35. The Bertz CT molecular complexity index is 979. The molecule has 6 heteroatoms. The standard InChI is InChI=1S/C26H32N6/c1-29-9-2-10-32(16-11-29)26-8-7-24(19-28)25(17-26)21-31-14-12-30(13-15-31)20-23-5-3-22(18-27)4-6-23/h3-8,17H,2,9-16,20-21H2,1H3. The molecule has 0 amide bonds. The van der Waals surface area contributed by atoms with Crippen molar-refractivity contribution in [3.63, 3.8) is 0 Å². The van der Waals surface area contributed by atoms with Crippen molar-refractivity contribution < 1.29 is 0 Å². The van der Waals surface area contributed by atoms with Gasteiger partial charge >= 0.3 is 0 Å². The van der Waals surface area contributed by atoms with Crippen LogP contribution in [0, 0.1) is 22.7 Å². The lowest BCUT2D eigenvalue weighted by atomic mass is 10.1. The Balaban J connectivity index is 1.35. The summed E-state index contributed by atoms with van der Waals surface area (Å²) in [5.74, 6) is 0. The van der Waals surface area contributed by atoms with Crippen molar-refractivity contribution in [1.29, 1.82) is 10.5 Å². The molecule has 2 heterocycles. The number of hydrogen-bond donors (Lipinski definition) is 0. The first-order valence-corrected chi connectivity index (χ1v) is 11.5. The van der Waals surface area contributed by atoms with Crippen molar-refractivity contribution in [3.05, 3.63) is 64.7 Å². The first-order valence-electron chi connectivity index (χ1n) is 11.5. The van der Waals surface area contributed by atoms with E-state index in [9.17, 15) is 5.26 Å². The Morgan fingerprint density at radius 2 is 1.47 bits per heavy atom. The molecule has 0 N–H and O–H groups in total. The van der Waals surface area contributed by atoms with E-state index in [-0.39, 0.29) is 0 Å². The van der Waals surface area contributed by atoms with Crippen molar-refractivity contribution in [3.8, 4) is 12.1 Å². The van der Waals surface area contributed by atoms with Gasteiger partial charge in [-0.2, -0.15) is 10.5 Å². The van der Waals surface area contributed by atoms with Gasteiger partial charge in [0.05, 0.1) is 23.3 Å². The van der Waals surface area contributed by atoms with Crippen LogP contribution < -0.4 is 4.90 Å². The maximum atomic E-state index is 9.66. The molecule has 0 bridgehead atoms. The Kier molecular flexibility index (Phi) is 7.39. The number of piperazine rings is 1. The summed E-state index contributed by atoms with van der Waals surface area (Å²) in [5, 5.41) is 18.6. The molecule has 6 nitrogen and oxygen atoms in total. The molecule has 2 aromatic carbocycles. The monoisotopic (exact) mass is 428 g/mol. The van der Waals surface area contributed by atoms with Crippen LogP contribution in [-0.2, 0) is 13.1 Å². The Morgan fingerprint density at radius 1 is 0.750 bits per heavy atom. The third-order valence-corrected chi connectivity index (χ3v) is 6.64. The van der Waals surface area contributed by atoms with Gasteiger partial charge in [0.15, 0.2) is 0 Å². The summed E-state index contributed by atoms with van der Waals surface area (Å²) in [7, 11) is 2.19. The Morgan fingerprint density at radius 3 is 2.16 bits per heavy atom. The second kappa shape index (κ2) is 10.6. The van der Waals surface area contributed by atoms with Crippen molar-refractivity contribution in [1.82, 2.24) is 14.7 Å². The molecule has 0 saturated carbocycles. The largest absolute Gasteiger partial charge is 0.370 e. The van der Waals surface area contributed by atoms with Gasteiger partial charge in [0.1, 0.15) is 0 Å². The van der Waals surface area contributed by atoms with Crippen LogP contribution in [0.5, 0.6) is 0 Å². The van der Waals surface area contributed by atoms with Crippen LogP contribution in [0.25, 0.3) is 0 Å². The highest BCUT2D eigenvalue weighted by atomic mass is 15.3. The van der Waals surface area contributed by atoms with Crippen LogP contribution >= 0.6 is 0 Å². The van der Waals surface area contributed by atoms with E-state index in [1.54, 1.807) is 0 Å². The van der Waals surface area contributed by atoms with E-state index in [1.165, 1.54) is 17.7 Å². The van der Waals surface area contributed by atoms with Gasteiger partial charge < -0.3 is 9.80 Å². The molecule has 32 heavy (non-hydrogen) atoms. The van der Waals surface area contributed by atoms with E-state index in [0.29, 0.717) is 5.56 Å². The predicted molar refractivity (Wildman–Crippen MR) is 127 cm³/mol. The molecule has 4 rings (SSSR count). The number of anilines is 1. The van der Waals surface area contributed by atoms with Crippen LogP contribution in [0.15, 0.2) is 42.5 Å². The summed E-state index contributed by atoms with van der Waals surface area (Å²) in [6.45, 7) is 10.1. The molecule has 0 radical (unpaired) electrons. The molecule has 166 valence electrons. The van der Waals surface area contributed by atoms with E-state index >= 15 is 0 Å². The summed E-state index contributed by atoms with van der Waals surface area (Å²) in [6, 6.07) is 18.8. The fourth-order valence-corrected chi connectivity index (χ4v) is 4.61. The quantitative estimate of drug-likeness (QED) is 0.730. The molecule has 0 spiro atoms. The summed E-state index contributed by atoms with van der Waals surface area (Å²) in [4.78, 5) is 9.78. The fraction of sp³-hybridized carbons (Fsp3) is 0.462. The highest BCUT2D eigenvalue weighted by molar-refractivity contribution is 5.54. The number of nitrogens with zero attached hydrogens (tertiary/aromatic N) is 6. The number of nitriles is 2. The molecule has 2 fully saturated rings. The maximum Gasteiger partial charge on any atom is 0.0995 e. The van der Waals surface area contributed by atoms with Gasteiger partial charge in [-0.3, -0.25) is 9.80 Å². The summed E-state index contributed by atoms with van der Waals surface area (Å²) >= 11 is 0. The van der Waals surface area contributed by atoms with Gasteiger partial charge in [0, 0.05) is 64.6 Å². The minimum Gasteiger partial charge on any atom is -0.370 e. The first kappa shape index (κ1) is 22.3. The number of rotatable bonds is 5. The summed E-state index contributed by atoms with van der Waals surface area (Å²) in [6.07, 6.45) is 1.17. The third kappa shape index (κ3) is 5.66. The van der Waals surface area contributed by atoms with Crippen molar-refractivity contribution in [2.45, 2.75) is 19.5 Å². The maximum absolute atomic E-state index is 9.66. The van der Waals surface area contributed by atoms with E-state index < -0.39 is 0 Å². The molecule has 0 atom stereocenters. The van der Waals surface area contributed by atoms with Gasteiger partial charge in [-0.05, 0) is 61.5 Å². The molecular weight excluding hydrogens is 396 g/mol. The van der Waals surface area contributed by atoms with Crippen LogP contribution in [0.1, 0.15) is 28.7 Å². The average molecular weight is 429 g/mol. The lowest BCUT2D eigenvalue weighted by molar-refractivity contribution is 0.122. The zero-order valence-corrected chi connectivity index (χ0v) is 19.0. The fourth-order valence-electron chi connectivity index (χ4n) is 4.61. The normalized spacial score (nSPS) is 18.7. The van der Waals surface area contributed by atoms with E-state index in [0.717, 1.165) is 76.6 Å². The third-order valence-electron chi connectivity index (χ3n) is 6.64. The molecule has 2 aromatic rings. The minimum atomic E-state index is 0.710.